The predicted octanol–water partition coefficient (Wildman–Crippen LogP) is 3.51. The lowest BCUT2D eigenvalue weighted by Crippen LogP contribution is -2.38. The van der Waals surface area contributed by atoms with Crippen LogP contribution in [-0.4, -0.2) is 40.6 Å². The Kier molecular flexibility index (Phi) is 7.28. The van der Waals surface area contributed by atoms with E-state index < -0.39 is 35.3 Å². The molecule has 0 radical (unpaired) electrons. The molecule has 1 aromatic heterocycles. The van der Waals surface area contributed by atoms with Crippen LogP contribution < -0.4 is 16.0 Å². The van der Waals surface area contributed by atoms with Crippen molar-refractivity contribution in [3.63, 3.8) is 0 Å². The van der Waals surface area contributed by atoms with Gasteiger partial charge in [-0.3, -0.25) is 14.3 Å². The first kappa shape index (κ1) is 25.7. The second-order valence-electron chi connectivity index (χ2n) is 9.34. The Hall–Kier alpha value is -3.98. The van der Waals surface area contributed by atoms with Crippen molar-refractivity contribution in [1.82, 2.24) is 9.55 Å². The first-order valence-electron chi connectivity index (χ1n) is 12.5. The van der Waals surface area contributed by atoms with E-state index in [0.717, 1.165) is 16.7 Å². The molecule has 2 heterocycles. The van der Waals surface area contributed by atoms with Crippen molar-refractivity contribution in [2.24, 2.45) is 0 Å². The summed E-state index contributed by atoms with van der Waals surface area (Å²) < 4.78 is 20.0. The standard InChI is InChI=1S/C30H30N2O6/c1-20-18-32(29(35)31-28(20)34)27-17-24(33)26(38-27)19-37-30(21-11-5-3-6-12-21,22-13-7-4-8-14-22)23-15-9-10-16-25(23)36-2/h3-16,18,24,26-27,33H,17,19H2,1-2H3,(H,31,34,35)/t24-,26+,27+/m0/s1. The maximum atomic E-state index is 12.4. The highest BCUT2D eigenvalue weighted by molar-refractivity contribution is 5.52. The largest absolute Gasteiger partial charge is 0.496 e. The highest BCUT2D eigenvalue weighted by Crippen LogP contribution is 2.45. The number of para-hydroxylation sites is 1. The Labute approximate surface area is 220 Å². The molecule has 0 unspecified atom stereocenters. The highest BCUT2D eigenvalue weighted by atomic mass is 16.6. The molecule has 0 saturated carbocycles. The fraction of sp³-hybridized carbons (Fsp3) is 0.267. The van der Waals surface area contributed by atoms with Crippen LogP contribution >= 0.6 is 0 Å². The van der Waals surface area contributed by atoms with Crippen LogP contribution in [0, 0.1) is 6.92 Å². The molecular formula is C30H30N2O6. The number of hydrogen-bond acceptors (Lipinski definition) is 6. The summed E-state index contributed by atoms with van der Waals surface area (Å²) in [5.41, 5.74) is 0.830. The van der Waals surface area contributed by atoms with Gasteiger partial charge in [-0.25, -0.2) is 4.79 Å². The third kappa shape index (κ3) is 4.69. The molecule has 1 saturated heterocycles. The molecule has 1 aliphatic heterocycles. The van der Waals surface area contributed by atoms with E-state index in [1.54, 1.807) is 14.0 Å². The number of H-pyrrole nitrogens is 1. The summed E-state index contributed by atoms with van der Waals surface area (Å²) in [6.07, 6.45) is -0.718. The summed E-state index contributed by atoms with van der Waals surface area (Å²) >= 11 is 0. The number of nitrogens with zero attached hydrogens (tertiary/aromatic N) is 1. The van der Waals surface area contributed by atoms with Gasteiger partial charge in [0.05, 0.1) is 19.8 Å². The Morgan fingerprint density at radius 1 is 0.974 bits per heavy atom. The molecule has 5 rings (SSSR count). The number of benzene rings is 3. The second-order valence-corrected chi connectivity index (χ2v) is 9.34. The molecule has 0 spiro atoms. The van der Waals surface area contributed by atoms with Gasteiger partial charge in [0.25, 0.3) is 5.56 Å². The molecule has 1 fully saturated rings. The van der Waals surface area contributed by atoms with Crippen LogP contribution in [0.15, 0.2) is 101 Å². The molecule has 0 aliphatic carbocycles. The lowest BCUT2D eigenvalue weighted by atomic mass is 9.79. The fourth-order valence-corrected chi connectivity index (χ4v) is 5.05. The summed E-state index contributed by atoms with van der Waals surface area (Å²) in [4.78, 5) is 26.5. The average Bonchev–Trinajstić information content (AvgIpc) is 3.32. The third-order valence-electron chi connectivity index (χ3n) is 6.97. The van der Waals surface area contributed by atoms with Crippen LogP contribution in [0.2, 0.25) is 0 Å². The van der Waals surface area contributed by atoms with Crippen LogP contribution in [-0.2, 0) is 15.1 Å². The maximum Gasteiger partial charge on any atom is 0.330 e. The van der Waals surface area contributed by atoms with Gasteiger partial charge in [0.15, 0.2) is 0 Å². The van der Waals surface area contributed by atoms with Crippen molar-refractivity contribution in [3.05, 3.63) is 134 Å². The summed E-state index contributed by atoms with van der Waals surface area (Å²) in [5.74, 6) is 0.654. The zero-order valence-corrected chi connectivity index (χ0v) is 21.2. The number of aliphatic hydroxyl groups is 1. The molecule has 38 heavy (non-hydrogen) atoms. The average molecular weight is 515 g/mol. The molecule has 4 aromatic rings. The van der Waals surface area contributed by atoms with Crippen molar-refractivity contribution in [3.8, 4) is 5.75 Å². The zero-order chi connectivity index (χ0) is 26.7. The number of rotatable bonds is 8. The zero-order valence-electron chi connectivity index (χ0n) is 21.2. The van der Waals surface area contributed by atoms with Gasteiger partial charge in [-0.05, 0) is 24.1 Å². The summed E-state index contributed by atoms with van der Waals surface area (Å²) in [6.45, 7) is 1.64. The van der Waals surface area contributed by atoms with Gasteiger partial charge in [-0.15, -0.1) is 0 Å². The lowest BCUT2D eigenvalue weighted by Gasteiger charge is -2.37. The smallest absolute Gasteiger partial charge is 0.330 e. The molecule has 2 N–H and O–H groups in total. The normalized spacial score (nSPS) is 19.4. The van der Waals surface area contributed by atoms with E-state index in [9.17, 15) is 14.7 Å². The topological polar surface area (TPSA) is 103 Å². The number of methoxy groups -OCH3 is 1. The Bertz CT molecular complexity index is 1460. The molecule has 1 aliphatic rings. The Morgan fingerprint density at radius 3 is 2.21 bits per heavy atom. The van der Waals surface area contributed by atoms with Gasteiger partial charge in [-0.1, -0.05) is 78.9 Å². The van der Waals surface area contributed by atoms with Crippen LogP contribution in [0.3, 0.4) is 0 Å². The van der Waals surface area contributed by atoms with E-state index in [2.05, 4.69) is 4.98 Å². The van der Waals surface area contributed by atoms with Crippen molar-refractivity contribution in [1.29, 1.82) is 0 Å². The molecule has 196 valence electrons. The first-order chi connectivity index (χ1) is 18.4. The number of aliphatic hydroxyl groups excluding tert-OH is 1. The van der Waals surface area contributed by atoms with Gasteiger partial charge in [-0.2, -0.15) is 0 Å². The van der Waals surface area contributed by atoms with Gasteiger partial charge < -0.3 is 19.3 Å². The second kappa shape index (κ2) is 10.8. The lowest BCUT2D eigenvalue weighted by molar-refractivity contribution is -0.0948. The number of ether oxygens (including phenoxy) is 3. The summed E-state index contributed by atoms with van der Waals surface area (Å²) in [5, 5.41) is 10.9. The van der Waals surface area contributed by atoms with Crippen molar-refractivity contribution >= 4 is 0 Å². The van der Waals surface area contributed by atoms with E-state index in [0.29, 0.717) is 11.3 Å². The number of hydrogen-bond donors (Lipinski definition) is 2. The van der Waals surface area contributed by atoms with Crippen molar-refractivity contribution < 1.29 is 19.3 Å². The van der Waals surface area contributed by atoms with E-state index in [1.165, 1.54) is 10.8 Å². The molecule has 3 aromatic carbocycles. The molecule has 3 atom stereocenters. The van der Waals surface area contributed by atoms with E-state index in [1.807, 2.05) is 84.9 Å². The first-order valence-corrected chi connectivity index (χ1v) is 12.5. The van der Waals surface area contributed by atoms with Gasteiger partial charge in [0.1, 0.15) is 23.7 Å². The van der Waals surface area contributed by atoms with Crippen LogP contribution in [0.25, 0.3) is 0 Å². The van der Waals surface area contributed by atoms with Gasteiger partial charge in [0, 0.05) is 23.7 Å². The number of nitrogens with one attached hydrogen (secondary N) is 1. The van der Waals surface area contributed by atoms with E-state index in [-0.39, 0.29) is 13.0 Å². The summed E-state index contributed by atoms with van der Waals surface area (Å²) in [7, 11) is 1.62. The SMILES string of the molecule is COc1ccccc1C(OC[C@H]1O[C@@H](n2cc(C)c(=O)[nH]c2=O)C[C@@H]1O)(c1ccccc1)c1ccccc1. The highest BCUT2D eigenvalue weighted by Gasteiger charge is 2.43. The third-order valence-corrected chi connectivity index (χ3v) is 6.97. The molecular weight excluding hydrogens is 484 g/mol. The minimum Gasteiger partial charge on any atom is -0.496 e. The number of aryl methyl sites for hydroxylation is 1. The van der Waals surface area contributed by atoms with Gasteiger partial charge in [0.2, 0.25) is 0 Å². The minimum atomic E-state index is -1.08. The molecule has 0 bridgehead atoms. The monoisotopic (exact) mass is 514 g/mol. The van der Waals surface area contributed by atoms with Gasteiger partial charge >= 0.3 is 5.69 Å². The summed E-state index contributed by atoms with van der Waals surface area (Å²) in [6, 6.07) is 27.4. The fourth-order valence-electron chi connectivity index (χ4n) is 5.05. The maximum absolute atomic E-state index is 12.4. The number of aromatic amines is 1. The number of aromatic nitrogens is 2. The Balaban J connectivity index is 1.55. The van der Waals surface area contributed by atoms with E-state index >= 15 is 0 Å². The minimum absolute atomic E-state index is 0.0244. The van der Waals surface area contributed by atoms with Crippen LogP contribution in [0.5, 0.6) is 5.75 Å². The quantitative estimate of drug-likeness (QED) is 0.349. The van der Waals surface area contributed by atoms with Crippen molar-refractivity contribution in [2.45, 2.75) is 37.4 Å². The molecule has 8 heteroatoms. The molecule has 8 nitrogen and oxygen atoms in total. The van der Waals surface area contributed by atoms with Crippen LogP contribution in [0.1, 0.15) is 34.9 Å². The van der Waals surface area contributed by atoms with Crippen molar-refractivity contribution in [2.75, 3.05) is 13.7 Å². The van der Waals surface area contributed by atoms with Crippen LogP contribution in [0.4, 0.5) is 0 Å². The predicted molar refractivity (Wildman–Crippen MR) is 142 cm³/mol. The Morgan fingerprint density at radius 2 is 1.58 bits per heavy atom. The van der Waals surface area contributed by atoms with E-state index in [4.69, 9.17) is 14.2 Å². The molecule has 0 amide bonds.